The number of fused-ring (bicyclic) bond motifs is 4. The van der Waals surface area contributed by atoms with Crippen LogP contribution in [0.15, 0.2) is 316 Å². The van der Waals surface area contributed by atoms with E-state index in [0.29, 0.717) is 0 Å². The van der Waals surface area contributed by atoms with E-state index in [2.05, 4.69) is 304 Å². The van der Waals surface area contributed by atoms with E-state index in [9.17, 15) is 0 Å². The van der Waals surface area contributed by atoms with E-state index in [1.54, 1.807) is 0 Å². The van der Waals surface area contributed by atoms with Gasteiger partial charge in [-0.2, -0.15) is 0 Å². The van der Waals surface area contributed by atoms with E-state index in [-0.39, 0.29) is 6.71 Å². The molecule has 2 aliphatic rings. The second-order valence-electron chi connectivity index (χ2n) is 20.9. The van der Waals surface area contributed by atoms with Gasteiger partial charge in [-0.25, -0.2) is 0 Å². The summed E-state index contributed by atoms with van der Waals surface area (Å²) in [5, 5.41) is 0. The van der Waals surface area contributed by atoms with Crippen LogP contribution in [-0.2, 0) is 0 Å². The molecule has 2 aliphatic heterocycles. The molecule has 384 valence electrons. The summed E-state index contributed by atoms with van der Waals surface area (Å²) in [6, 6.07) is 106. The highest BCUT2D eigenvalue weighted by molar-refractivity contribution is 7.00. The van der Waals surface area contributed by atoms with Crippen molar-refractivity contribution >= 4 is 74.3 Å². The summed E-state index contributed by atoms with van der Waals surface area (Å²) in [4.78, 5) is 17.0. The highest BCUT2D eigenvalue weighted by Gasteiger charge is 2.46. The lowest BCUT2D eigenvalue weighted by atomic mass is 9.33. The van der Waals surface area contributed by atoms with Crippen molar-refractivity contribution in [2.75, 3.05) is 14.7 Å². The summed E-state index contributed by atoms with van der Waals surface area (Å²) < 4.78 is 0. The van der Waals surface area contributed by atoms with Crippen molar-refractivity contribution in [2.45, 2.75) is 0 Å². The topological polar surface area (TPSA) is 35.5 Å². The normalized spacial score (nSPS) is 12.1. The zero-order chi connectivity index (χ0) is 54.3. The minimum Gasteiger partial charge on any atom is -0.310 e. The molecule has 0 N–H and O–H groups in total. The van der Waals surface area contributed by atoms with Crippen LogP contribution < -0.4 is 31.1 Å². The van der Waals surface area contributed by atoms with Gasteiger partial charge in [0.2, 0.25) is 0 Å². The predicted molar refractivity (Wildman–Crippen MR) is 343 cm³/mol. The molecule has 0 saturated heterocycles. The SMILES string of the molecule is c1ccc(-c2cccc(-c3ccccc3)c2N2c3cc(-c4cccnc4)ccc3B3c4ccc(-c5cccnc5)cc4N(c4c(-c5ccccc5)cccc4-c4ccccc4)c4cc(N(c5ccccc5)c5ccccc5)cc2c43)cc1. The minimum absolute atomic E-state index is 0.211. The monoisotopic (exact) mass is 1050 g/mol. The molecule has 0 bridgehead atoms. The Morgan fingerprint density at radius 2 is 0.610 bits per heavy atom. The van der Waals surface area contributed by atoms with Gasteiger partial charge in [0.25, 0.3) is 6.71 Å². The Labute approximate surface area is 479 Å². The minimum atomic E-state index is -0.211. The van der Waals surface area contributed by atoms with Crippen molar-refractivity contribution < 1.29 is 0 Å². The van der Waals surface area contributed by atoms with Gasteiger partial charge in [0, 0.05) is 92.3 Å². The number of pyridine rings is 2. The number of nitrogens with zero attached hydrogens (tertiary/aromatic N) is 5. The molecule has 4 heterocycles. The second kappa shape index (κ2) is 20.8. The number of hydrogen-bond acceptors (Lipinski definition) is 5. The molecule has 0 aliphatic carbocycles. The van der Waals surface area contributed by atoms with E-state index in [4.69, 9.17) is 0 Å². The van der Waals surface area contributed by atoms with Crippen LogP contribution in [0.2, 0.25) is 0 Å². The van der Waals surface area contributed by atoms with Crippen LogP contribution in [0, 0.1) is 0 Å². The number of hydrogen-bond donors (Lipinski definition) is 0. The third-order valence-corrected chi connectivity index (χ3v) is 16.2. The lowest BCUT2D eigenvalue weighted by Crippen LogP contribution is -2.61. The van der Waals surface area contributed by atoms with Crippen LogP contribution in [0.4, 0.5) is 51.2 Å². The first kappa shape index (κ1) is 48.3. The molecular weight excluding hydrogens is 994 g/mol. The standard InChI is InChI=1S/C76H52BN5/c1-7-23-53(24-8-1)64-37-19-38-65(54-25-9-2-10-26-54)75(64)81-70-47-57(59-31-21-45-78-51-59)41-43-68(70)77-69-44-42-58(60-32-22-46-79-52-60)48-71(69)82(76-66(55-27-11-3-12-28-55)39-20-40-67(76)56-29-13-4-14-30-56)73-50-63(49-72(81)74(73)77)80(61-33-15-5-16-34-61)62-35-17-6-18-36-62/h1-52H. The quantitative estimate of drug-likeness (QED) is 0.121. The highest BCUT2D eigenvalue weighted by atomic mass is 15.2. The first-order valence-corrected chi connectivity index (χ1v) is 28.0. The third kappa shape index (κ3) is 8.44. The average Bonchev–Trinajstić information content (AvgIpc) is 2.23. The number of rotatable bonds is 11. The van der Waals surface area contributed by atoms with Crippen molar-refractivity contribution in [3.05, 3.63) is 316 Å². The van der Waals surface area contributed by atoms with E-state index >= 15 is 0 Å². The number of aromatic nitrogens is 2. The van der Waals surface area contributed by atoms with Crippen molar-refractivity contribution in [2.24, 2.45) is 0 Å². The fourth-order valence-electron chi connectivity index (χ4n) is 12.6. The van der Waals surface area contributed by atoms with Gasteiger partial charge in [-0.1, -0.05) is 231 Å². The Morgan fingerprint density at radius 1 is 0.268 bits per heavy atom. The summed E-state index contributed by atoms with van der Waals surface area (Å²) in [7, 11) is 0. The largest absolute Gasteiger partial charge is 0.310 e. The molecule has 0 atom stereocenters. The smallest absolute Gasteiger partial charge is 0.252 e. The van der Waals surface area contributed by atoms with Gasteiger partial charge < -0.3 is 14.7 Å². The number of para-hydroxylation sites is 4. The maximum absolute atomic E-state index is 4.66. The fraction of sp³-hybridized carbons (Fsp3) is 0. The molecule has 0 saturated carbocycles. The van der Waals surface area contributed by atoms with E-state index in [1.807, 2.05) is 36.9 Å². The molecule has 6 heteroatoms. The van der Waals surface area contributed by atoms with Crippen molar-refractivity contribution in [1.29, 1.82) is 0 Å². The molecule has 0 radical (unpaired) electrons. The molecule has 2 aromatic heterocycles. The van der Waals surface area contributed by atoms with Crippen LogP contribution in [-0.4, -0.2) is 16.7 Å². The average molecular weight is 1050 g/mol. The van der Waals surface area contributed by atoms with Crippen LogP contribution in [0.3, 0.4) is 0 Å². The van der Waals surface area contributed by atoms with Gasteiger partial charge in [0.15, 0.2) is 0 Å². The molecular formula is C76H52BN5. The zero-order valence-corrected chi connectivity index (χ0v) is 44.8. The molecule has 0 unspecified atom stereocenters. The molecule has 15 rings (SSSR count). The van der Waals surface area contributed by atoms with E-state index in [0.717, 1.165) is 118 Å². The van der Waals surface area contributed by atoms with Crippen LogP contribution in [0.5, 0.6) is 0 Å². The Balaban J connectivity index is 1.14. The van der Waals surface area contributed by atoms with Gasteiger partial charge in [-0.15, -0.1) is 0 Å². The van der Waals surface area contributed by atoms with E-state index < -0.39 is 0 Å². The van der Waals surface area contributed by atoms with Crippen molar-refractivity contribution in [3.8, 4) is 66.8 Å². The van der Waals surface area contributed by atoms with Crippen LogP contribution in [0.25, 0.3) is 66.8 Å². The van der Waals surface area contributed by atoms with E-state index in [1.165, 1.54) is 16.4 Å². The van der Waals surface area contributed by atoms with Gasteiger partial charge >= 0.3 is 0 Å². The Morgan fingerprint density at radius 3 is 0.951 bits per heavy atom. The lowest BCUT2D eigenvalue weighted by molar-refractivity contribution is 1.23. The maximum Gasteiger partial charge on any atom is 0.252 e. The maximum atomic E-state index is 4.66. The summed E-state index contributed by atoms with van der Waals surface area (Å²) in [5.74, 6) is 0. The van der Waals surface area contributed by atoms with Crippen LogP contribution >= 0.6 is 0 Å². The number of anilines is 9. The van der Waals surface area contributed by atoms with Gasteiger partial charge in [0.1, 0.15) is 0 Å². The van der Waals surface area contributed by atoms with Gasteiger partial charge in [-0.3, -0.25) is 9.97 Å². The fourth-order valence-corrected chi connectivity index (χ4v) is 12.6. The summed E-state index contributed by atoms with van der Waals surface area (Å²) in [6.45, 7) is -0.211. The summed E-state index contributed by atoms with van der Waals surface area (Å²) in [5.41, 5.74) is 26.5. The van der Waals surface area contributed by atoms with Gasteiger partial charge in [0.05, 0.1) is 17.1 Å². The number of benzene rings is 11. The third-order valence-electron chi connectivity index (χ3n) is 16.2. The molecule has 13 aromatic rings. The second-order valence-corrected chi connectivity index (χ2v) is 20.9. The molecule has 0 amide bonds. The molecule has 0 fully saturated rings. The van der Waals surface area contributed by atoms with Crippen molar-refractivity contribution in [1.82, 2.24) is 9.97 Å². The van der Waals surface area contributed by atoms with Crippen LogP contribution in [0.1, 0.15) is 0 Å². The first-order valence-electron chi connectivity index (χ1n) is 28.0. The molecule has 82 heavy (non-hydrogen) atoms. The van der Waals surface area contributed by atoms with Crippen molar-refractivity contribution in [3.63, 3.8) is 0 Å². The molecule has 11 aromatic carbocycles. The lowest BCUT2D eigenvalue weighted by Gasteiger charge is -2.46. The van der Waals surface area contributed by atoms with Gasteiger partial charge in [-0.05, 0) is 110 Å². The summed E-state index contributed by atoms with van der Waals surface area (Å²) in [6.07, 6.45) is 7.66. The Hall–Kier alpha value is -10.8. The Bertz CT molecular complexity index is 4040. The molecule has 0 spiro atoms. The first-order chi connectivity index (χ1) is 40.7. The highest BCUT2D eigenvalue weighted by Crippen LogP contribution is 2.55. The Kier molecular flexibility index (Phi) is 12.2. The molecule has 5 nitrogen and oxygen atoms in total. The predicted octanol–water partition coefficient (Wildman–Crippen LogP) is 18.0. The zero-order valence-electron chi connectivity index (χ0n) is 44.8. The summed E-state index contributed by atoms with van der Waals surface area (Å²) >= 11 is 0.